The van der Waals surface area contributed by atoms with Crippen molar-refractivity contribution in [2.24, 2.45) is 0 Å². The van der Waals surface area contributed by atoms with Crippen molar-refractivity contribution in [3.63, 3.8) is 0 Å². The number of pyridine rings is 1. The predicted octanol–water partition coefficient (Wildman–Crippen LogP) is 2.53. The molecule has 6 nitrogen and oxygen atoms in total. The molecule has 0 aliphatic rings. The topological polar surface area (TPSA) is 80.7 Å². The molecule has 0 bridgehead atoms. The Balaban J connectivity index is 1.88. The number of nitrogens with zero attached hydrogens (tertiary/aromatic N) is 4. The van der Waals surface area contributed by atoms with Crippen LogP contribution >= 0.6 is 0 Å². The fourth-order valence-corrected chi connectivity index (χ4v) is 3.16. The zero-order valence-electron chi connectivity index (χ0n) is 14.9. The summed E-state index contributed by atoms with van der Waals surface area (Å²) >= 11 is 0. The Kier molecular flexibility index (Phi) is 4.56. The second kappa shape index (κ2) is 7.33. The van der Waals surface area contributed by atoms with Gasteiger partial charge in [0, 0.05) is 6.20 Å². The van der Waals surface area contributed by atoms with Crippen LogP contribution in [0, 0.1) is 11.3 Å². The van der Waals surface area contributed by atoms with E-state index in [9.17, 15) is 9.59 Å². The first-order valence-electron chi connectivity index (χ1n) is 8.79. The third-order valence-corrected chi connectivity index (χ3v) is 4.59. The van der Waals surface area contributed by atoms with Gasteiger partial charge in [0.25, 0.3) is 5.56 Å². The van der Waals surface area contributed by atoms with Gasteiger partial charge in [0.1, 0.15) is 5.65 Å². The molecule has 0 atom stereocenters. The van der Waals surface area contributed by atoms with Crippen LogP contribution in [-0.2, 0) is 13.1 Å². The lowest BCUT2D eigenvalue weighted by Gasteiger charge is -2.13. The van der Waals surface area contributed by atoms with Gasteiger partial charge in [-0.2, -0.15) is 5.26 Å². The van der Waals surface area contributed by atoms with Gasteiger partial charge in [0.05, 0.1) is 30.1 Å². The van der Waals surface area contributed by atoms with Crippen molar-refractivity contribution in [2.45, 2.75) is 13.1 Å². The van der Waals surface area contributed by atoms with Gasteiger partial charge in [0.2, 0.25) is 0 Å². The number of fused-ring (bicyclic) bond motifs is 1. The Hall–Kier alpha value is -3.98. The van der Waals surface area contributed by atoms with E-state index < -0.39 is 5.69 Å². The second-order valence-corrected chi connectivity index (χ2v) is 6.43. The summed E-state index contributed by atoms with van der Waals surface area (Å²) in [5, 5.41) is 9.35. The van der Waals surface area contributed by atoms with Crippen LogP contribution in [0.1, 0.15) is 16.7 Å². The first-order valence-corrected chi connectivity index (χ1v) is 8.79. The van der Waals surface area contributed by atoms with Crippen molar-refractivity contribution in [3.8, 4) is 6.07 Å². The fourth-order valence-electron chi connectivity index (χ4n) is 3.16. The zero-order chi connectivity index (χ0) is 19.5. The highest BCUT2D eigenvalue weighted by molar-refractivity contribution is 5.73. The SMILES string of the molecule is N#Cc1ccc(Cn2c(=O)n(Cc3ccccc3)c(=O)c3cccnc32)cc1. The van der Waals surface area contributed by atoms with E-state index >= 15 is 0 Å². The van der Waals surface area contributed by atoms with E-state index in [4.69, 9.17) is 5.26 Å². The Morgan fingerprint density at radius 3 is 2.21 bits per heavy atom. The third-order valence-electron chi connectivity index (χ3n) is 4.59. The average molecular weight is 368 g/mol. The van der Waals surface area contributed by atoms with E-state index in [1.54, 1.807) is 42.6 Å². The van der Waals surface area contributed by atoms with E-state index in [2.05, 4.69) is 11.1 Å². The molecule has 0 spiro atoms. The highest BCUT2D eigenvalue weighted by Gasteiger charge is 2.14. The lowest BCUT2D eigenvalue weighted by Crippen LogP contribution is -2.40. The summed E-state index contributed by atoms with van der Waals surface area (Å²) in [6.07, 6.45) is 1.57. The highest BCUT2D eigenvalue weighted by atomic mass is 16.2. The van der Waals surface area contributed by atoms with E-state index in [-0.39, 0.29) is 18.6 Å². The molecule has 0 N–H and O–H groups in total. The van der Waals surface area contributed by atoms with Crippen LogP contribution in [0.4, 0.5) is 0 Å². The average Bonchev–Trinajstić information content (AvgIpc) is 2.75. The van der Waals surface area contributed by atoms with Crippen molar-refractivity contribution in [1.82, 2.24) is 14.1 Å². The van der Waals surface area contributed by atoms with Gasteiger partial charge in [-0.25, -0.2) is 9.78 Å². The van der Waals surface area contributed by atoms with Crippen molar-refractivity contribution in [3.05, 3.63) is 110 Å². The number of hydrogen-bond acceptors (Lipinski definition) is 4. The summed E-state index contributed by atoms with van der Waals surface area (Å²) in [7, 11) is 0. The molecule has 0 saturated carbocycles. The van der Waals surface area contributed by atoms with Crippen molar-refractivity contribution in [2.75, 3.05) is 0 Å². The van der Waals surface area contributed by atoms with Gasteiger partial charge in [-0.05, 0) is 35.4 Å². The van der Waals surface area contributed by atoms with Crippen LogP contribution in [0.5, 0.6) is 0 Å². The van der Waals surface area contributed by atoms with Crippen LogP contribution in [0.25, 0.3) is 11.0 Å². The van der Waals surface area contributed by atoms with E-state index in [0.717, 1.165) is 11.1 Å². The number of benzene rings is 2. The second-order valence-electron chi connectivity index (χ2n) is 6.43. The number of hydrogen-bond donors (Lipinski definition) is 0. The summed E-state index contributed by atoms with van der Waals surface area (Å²) in [6.45, 7) is 0.448. The Morgan fingerprint density at radius 1 is 0.821 bits per heavy atom. The Labute approximate surface area is 160 Å². The molecule has 0 aliphatic carbocycles. The monoisotopic (exact) mass is 368 g/mol. The molecule has 0 radical (unpaired) electrons. The standard InChI is InChI=1S/C22H16N4O2/c23-13-16-8-10-18(11-9-16)14-25-20-19(7-4-12-24-20)21(27)26(22(25)28)15-17-5-2-1-3-6-17/h1-12H,14-15H2. The van der Waals surface area contributed by atoms with Gasteiger partial charge in [0.15, 0.2) is 0 Å². The fraction of sp³-hybridized carbons (Fsp3) is 0.0909. The number of nitriles is 1. The molecule has 0 unspecified atom stereocenters. The largest absolute Gasteiger partial charge is 0.333 e. The van der Waals surface area contributed by atoms with Gasteiger partial charge in [-0.1, -0.05) is 42.5 Å². The zero-order valence-corrected chi connectivity index (χ0v) is 14.9. The minimum Gasteiger partial charge on any atom is -0.273 e. The summed E-state index contributed by atoms with van der Waals surface area (Å²) in [4.78, 5) is 30.4. The summed E-state index contributed by atoms with van der Waals surface area (Å²) in [5.41, 5.74) is 1.85. The molecule has 28 heavy (non-hydrogen) atoms. The van der Waals surface area contributed by atoms with Crippen molar-refractivity contribution >= 4 is 11.0 Å². The van der Waals surface area contributed by atoms with Crippen LogP contribution in [0.3, 0.4) is 0 Å². The first-order chi connectivity index (χ1) is 13.7. The molecule has 0 saturated heterocycles. The van der Waals surface area contributed by atoms with Crippen molar-refractivity contribution in [1.29, 1.82) is 5.26 Å². The highest BCUT2D eigenvalue weighted by Crippen LogP contribution is 2.10. The number of aromatic nitrogens is 3. The molecular formula is C22H16N4O2. The molecular weight excluding hydrogens is 352 g/mol. The van der Waals surface area contributed by atoms with E-state index in [0.29, 0.717) is 16.6 Å². The third kappa shape index (κ3) is 3.21. The smallest absolute Gasteiger partial charge is 0.273 e. The summed E-state index contributed by atoms with van der Waals surface area (Å²) in [5.74, 6) is 0. The summed E-state index contributed by atoms with van der Waals surface area (Å²) in [6, 6.07) is 21.8. The van der Waals surface area contributed by atoms with E-state index in [1.807, 2.05) is 30.3 Å². The van der Waals surface area contributed by atoms with Crippen LogP contribution in [0.2, 0.25) is 0 Å². The molecule has 0 aliphatic heterocycles. The minimum absolute atomic E-state index is 0.191. The maximum atomic E-state index is 13.2. The van der Waals surface area contributed by atoms with Gasteiger partial charge in [-0.15, -0.1) is 0 Å². The molecule has 4 aromatic rings. The van der Waals surface area contributed by atoms with Gasteiger partial charge in [-0.3, -0.25) is 13.9 Å². The van der Waals surface area contributed by atoms with Gasteiger partial charge < -0.3 is 0 Å². The molecule has 4 rings (SSSR count). The number of rotatable bonds is 4. The molecule has 0 amide bonds. The Bertz CT molecular complexity index is 1300. The molecule has 2 heterocycles. The molecule has 2 aromatic carbocycles. The van der Waals surface area contributed by atoms with Crippen LogP contribution in [0.15, 0.2) is 82.5 Å². The first kappa shape index (κ1) is 17.4. The van der Waals surface area contributed by atoms with Crippen LogP contribution in [-0.4, -0.2) is 14.1 Å². The predicted molar refractivity (Wildman–Crippen MR) is 106 cm³/mol. The minimum atomic E-state index is -0.413. The normalized spacial score (nSPS) is 10.7. The molecule has 136 valence electrons. The maximum absolute atomic E-state index is 13.2. The lowest BCUT2D eigenvalue weighted by molar-refractivity contribution is 0.630. The van der Waals surface area contributed by atoms with E-state index in [1.165, 1.54) is 9.13 Å². The maximum Gasteiger partial charge on any atom is 0.333 e. The van der Waals surface area contributed by atoms with Crippen LogP contribution < -0.4 is 11.2 Å². The summed E-state index contributed by atoms with van der Waals surface area (Å²) < 4.78 is 2.74. The van der Waals surface area contributed by atoms with Crippen molar-refractivity contribution < 1.29 is 0 Å². The molecule has 6 heteroatoms. The quantitative estimate of drug-likeness (QED) is 0.554. The lowest BCUT2D eigenvalue weighted by atomic mass is 10.1. The Morgan fingerprint density at radius 2 is 1.50 bits per heavy atom. The van der Waals surface area contributed by atoms with Gasteiger partial charge >= 0.3 is 5.69 Å². The molecule has 0 fully saturated rings. The molecule has 2 aromatic heterocycles.